The number of aromatic carboxylic acids is 1. The van der Waals surface area contributed by atoms with Gasteiger partial charge in [0, 0.05) is 16.8 Å². The molecule has 0 aliphatic heterocycles. The summed E-state index contributed by atoms with van der Waals surface area (Å²) in [5, 5.41) is 9.06. The molecule has 0 saturated carbocycles. The number of rotatable bonds is 13. The summed E-state index contributed by atoms with van der Waals surface area (Å²) in [6, 6.07) is 6.83. The molecule has 1 aromatic rings. The Bertz CT molecular complexity index is 421. The second-order valence-corrected chi connectivity index (χ2v) is 5.83. The van der Waals surface area contributed by atoms with Crippen molar-refractivity contribution in [3.05, 3.63) is 29.8 Å². The van der Waals surface area contributed by atoms with Crippen molar-refractivity contribution in [3.8, 4) is 5.75 Å². The maximum atomic E-state index is 11.0. The number of benzene rings is 1. The van der Waals surface area contributed by atoms with Crippen molar-refractivity contribution in [3.63, 3.8) is 0 Å². The van der Waals surface area contributed by atoms with Gasteiger partial charge in [0.1, 0.15) is 11.3 Å². The molecule has 0 aliphatic carbocycles. The number of hydrogen-bond donors (Lipinski definition) is 1. The van der Waals surface area contributed by atoms with Gasteiger partial charge >= 0.3 is 5.97 Å². The van der Waals surface area contributed by atoms with Gasteiger partial charge in [0.15, 0.2) is 0 Å². The zero-order valence-electron chi connectivity index (χ0n) is 14.2. The van der Waals surface area contributed by atoms with E-state index >= 15 is 0 Å². The zero-order chi connectivity index (χ0) is 16.0. The number of unbranched alkanes of at least 4 members (excludes halogenated alkanes) is 9. The predicted octanol–water partition coefficient (Wildman–Crippen LogP) is 5.68. The van der Waals surface area contributed by atoms with E-state index in [0.717, 1.165) is 12.8 Å². The van der Waals surface area contributed by atoms with Crippen LogP contribution < -0.4 is 4.74 Å². The van der Waals surface area contributed by atoms with Gasteiger partial charge in [-0.1, -0.05) is 76.8 Å². The molecule has 4 heteroatoms. The molecule has 3 nitrogen and oxygen atoms in total. The molecular formula is C19H30CoO3. The first-order chi connectivity index (χ1) is 10.8. The van der Waals surface area contributed by atoms with Crippen LogP contribution in [0.15, 0.2) is 24.3 Å². The maximum absolute atomic E-state index is 11.0. The first-order valence-electron chi connectivity index (χ1n) is 8.70. The van der Waals surface area contributed by atoms with Gasteiger partial charge in [-0.05, 0) is 18.6 Å². The van der Waals surface area contributed by atoms with Crippen LogP contribution in [0.5, 0.6) is 5.75 Å². The molecule has 0 amide bonds. The predicted molar refractivity (Wildman–Crippen MR) is 90.7 cm³/mol. The van der Waals surface area contributed by atoms with E-state index in [9.17, 15) is 4.79 Å². The molecule has 133 valence electrons. The van der Waals surface area contributed by atoms with Gasteiger partial charge in [-0.15, -0.1) is 0 Å². The number of ether oxygens (including phenoxy) is 1. The fourth-order valence-corrected chi connectivity index (χ4v) is 2.54. The molecule has 1 aromatic carbocycles. The first kappa shape index (κ1) is 22.0. The van der Waals surface area contributed by atoms with Crippen LogP contribution in [0.4, 0.5) is 0 Å². The van der Waals surface area contributed by atoms with E-state index in [4.69, 9.17) is 9.84 Å². The minimum absolute atomic E-state index is 0. The molecule has 0 atom stereocenters. The second-order valence-electron chi connectivity index (χ2n) is 5.83. The molecule has 0 fully saturated rings. The molecule has 0 saturated heterocycles. The molecule has 0 unspecified atom stereocenters. The Kier molecular flexibility index (Phi) is 13.9. The molecule has 23 heavy (non-hydrogen) atoms. The summed E-state index contributed by atoms with van der Waals surface area (Å²) in [4.78, 5) is 11.0. The van der Waals surface area contributed by atoms with Crippen LogP contribution in [0.3, 0.4) is 0 Å². The van der Waals surface area contributed by atoms with E-state index < -0.39 is 5.97 Å². The van der Waals surface area contributed by atoms with Gasteiger partial charge in [-0.2, -0.15) is 0 Å². The largest absolute Gasteiger partial charge is 0.493 e. The molecule has 0 aliphatic rings. The quantitative estimate of drug-likeness (QED) is 0.457. The van der Waals surface area contributed by atoms with Crippen molar-refractivity contribution in [1.82, 2.24) is 0 Å². The third-order valence-electron chi connectivity index (χ3n) is 3.87. The smallest absolute Gasteiger partial charge is 0.339 e. The topological polar surface area (TPSA) is 46.5 Å². The Balaban J connectivity index is 0.00000484. The molecule has 0 heterocycles. The fourth-order valence-electron chi connectivity index (χ4n) is 2.54. The molecular weight excluding hydrogens is 335 g/mol. The van der Waals surface area contributed by atoms with Crippen molar-refractivity contribution in [2.75, 3.05) is 6.61 Å². The number of para-hydroxylation sites is 1. The van der Waals surface area contributed by atoms with Crippen LogP contribution in [0, 0.1) is 0 Å². The van der Waals surface area contributed by atoms with Crippen molar-refractivity contribution in [2.45, 2.75) is 71.1 Å². The average Bonchev–Trinajstić information content (AvgIpc) is 2.53. The number of carbonyl (C=O) groups is 1. The van der Waals surface area contributed by atoms with E-state index in [1.807, 2.05) is 0 Å². The fraction of sp³-hybridized carbons (Fsp3) is 0.632. The Hall–Kier alpha value is -1.00. The summed E-state index contributed by atoms with van der Waals surface area (Å²) in [6.45, 7) is 2.84. The van der Waals surface area contributed by atoms with Crippen molar-refractivity contribution in [2.24, 2.45) is 0 Å². The molecule has 0 aromatic heterocycles. The molecule has 1 rings (SSSR count). The first-order valence-corrected chi connectivity index (χ1v) is 8.70. The van der Waals surface area contributed by atoms with Crippen LogP contribution in [0.2, 0.25) is 0 Å². The maximum Gasteiger partial charge on any atom is 0.339 e. The molecule has 0 spiro atoms. The van der Waals surface area contributed by atoms with Crippen molar-refractivity contribution < 1.29 is 31.4 Å². The summed E-state index contributed by atoms with van der Waals surface area (Å²) >= 11 is 0. The summed E-state index contributed by atoms with van der Waals surface area (Å²) in [5.74, 6) is -0.454. The van der Waals surface area contributed by atoms with Gasteiger partial charge in [-0.25, -0.2) is 4.79 Å². The third-order valence-corrected chi connectivity index (χ3v) is 3.87. The van der Waals surface area contributed by atoms with Gasteiger partial charge in [0.2, 0.25) is 0 Å². The average molecular weight is 365 g/mol. The Morgan fingerprint density at radius 1 is 0.913 bits per heavy atom. The number of hydrogen-bond acceptors (Lipinski definition) is 2. The standard InChI is InChI=1S/C19H30O3.Co/c1-2-3-4-5-6-7-8-9-10-13-16-22-18-15-12-11-14-17(18)19(20)21;/h11-12,14-15H,2-10,13,16H2,1H3,(H,20,21);. The van der Waals surface area contributed by atoms with E-state index in [1.54, 1.807) is 24.3 Å². The Labute approximate surface area is 151 Å². The minimum atomic E-state index is -0.932. The van der Waals surface area contributed by atoms with Crippen LogP contribution in [0.25, 0.3) is 0 Å². The third kappa shape index (κ3) is 10.4. The van der Waals surface area contributed by atoms with Gasteiger partial charge in [0.05, 0.1) is 6.61 Å². The summed E-state index contributed by atoms with van der Waals surface area (Å²) in [5.41, 5.74) is 0.245. The van der Waals surface area contributed by atoms with Gasteiger partial charge in [0.25, 0.3) is 0 Å². The number of carboxylic acid groups (broad SMARTS) is 1. The summed E-state index contributed by atoms with van der Waals surface area (Å²) in [7, 11) is 0. The number of carboxylic acids is 1. The van der Waals surface area contributed by atoms with Gasteiger partial charge in [-0.3, -0.25) is 0 Å². The monoisotopic (exact) mass is 365 g/mol. The SMILES string of the molecule is CCCCCCCCCCCCOc1ccccc1C(=O)O.[Co]. The molecule has 0 bridgehead atoms. The second kappa shape index (κ2) is 14.6. The van der Waals surface area contributed by atoms with E-state index in [-0.39, 0.29) is 22.3 Å². The van der Waals surface area contributed by atoms with Gasteiger partial charge < -0.3 is 9.84 Å². The molecule has 1 N–H and O–H groups in total. The van der Waals surface area contributed by atoms with E-state index in [2.05, 4.69) is 6.92 Å². The van der Waals surface area contributed by atoms with Crippen molar-refractivity contribution >= 4 is 5.97 Å². The Morgan fingerprint density at radius 2 is 1.43 bits per heavy atom. The zero-order valence-corrected chi connectivity index (χ0v) is 15.2. The normalized spacial score (nSPS) is 10.1. The van der Waals surface area contributed by atoms with Crippen LogP contribution in [-0.2, 0) is 16.8 Å². The minimum Gasteiger partial charge on any atom is -0.493 e. The van der Waals surface area contributed by atoms with Crippen LogP contribution >= 0.6 is 0 Å². The van der Waals surface area contributed by atoms with E-state index in [0.29, 0.717) is 12.4 Å². The van der Waals surface area contributed by atoms with Crippen molar-refractivity contribution in [1.29, 1.82) is 0 Å². The Morgan fingerprint density at radius 3 is 2.00 bits per heavy atom. The summed E-state index contributed by atoms with van der Waals surface area (Å²) < 4.78 is 5.59. The van der Waals surface area contributed by atoms with Crippen LogP contribution in [0.1, 0.15) is 81.5 Å². The molecule has 1 radical (unpaired) electrons. The van der Waals surface area contributed by atoms with E-state index in [1.165, 1.54) is 51.4 Å². The van der Waals surface area contributed by atoms with Crippen LogP contribution in [-0.4, -0.2) is 17.7 Å². The summed E-state index contributed by atoms with van der Waals surface area (Å²) in [6.07, 6.45) is 12.8.